The van der Waals surface area contributed by atoms with E-state index in [1.165, 1.54) is 44.3 Å². The monoisotopic (exact) mass is 258 g/mol. The Morgan fingerprint density at radius 1 is 1.21 bits per heavy atom. The topological polar surface area (TPSA) is 15.3 Å². The van der Waals surface area contributed by atoms with Crippen LogP contribution >= 0.6 is 0 Å². The fourth-order valence-corrected chi connectivity index (χ4v) is 3.26. The summed E-state index contributed by atoms with van der Waals surface area (Å²) in [5, 5.41) is 3.79. The highest BCUT2D eigenvalue weighted by Gasteiger charge is 2.37. The predicted molar refractivity (Wildman–Crippen MR) is 80.2 cm³/mol. The zero-order valence-electron chi connectivity index (χ0n) is 12.0. The van der Waals surface area contributed by atoms with Crippen LogP contribution in [0.1, 0.15) is 44.2 Å². The van der Waals surface area contributed by atoms with Gasteiger partial charge in [-0.3, -0.25) is 4.90 Å². The van der Waals surface area contributed by atoms with Gasteiger partial charge in [0, 0.05) is 25.2 Å². The van der Waals surface area contributed by atoms with Crippen LogP contribution in [0, 0.1) is 5.92 Å². The molecule has 2 aliphatic rings. The van der Waals surface area contributed by atoms with Crippen LogP contribution in [0.3, 0.4) is 0 Å². The molecule has 104 valence electrons. The second-order valence-electron chi connectivity index (χ2n) is 6.13. The van der Waals surface area contributed by atoms with Gasteiger partial charge in [-0.1, -0.05) is 43.7 Å². The van der Waals surface area contributed by atoms with Crippen molar-refractivity contribution in [1.82, 2.24) is 10.2 Å². The number of hydrogen-bond acceptors (Lipinski definition) is 2. The summed E-state index contributed by atoms with van der Waals surface area (Å²) in [5.74, 6) is 0.959. The van der Waals surface area contributed by atoms with Crippen LogP contribution in [0.5, 0.6) is 0 Å². The third-order valence-corrected chi connectivity index (χ3v) is 4.62. The Kier molecular flexibility index (Phi) is 4.19. The third kappa shape index (κ3) is 3.18. The lowest BCUT2D eigenvalue weighted by atomic mass is 9.99. The summed E-state index contributed by atoms with van der Waals surface area (Å²) in [6.07, 6.45) is 5.49. The largest absolute Gasteiger partial charge is 0.311 e. The fraction of sp³-hybridized carbons (Fsp3) is 0.647. The molecule has 2 nitrogen and oxygen atoms in total. The van der Waals surface area contributed by atoms with E-state index in [4.69, 9.17) is 0 Å². The summed E-state index contributed by atoms with van der Waals surface area (Å²) in [7, 11) is 0. The normalized spacial score (nSPS) is 28.5. The lowest BCUT2D eigenvalue weighted by molar-refractivity contribution is 0.120. The van der Waals surface area contributed by atoms with Crippen molar-refractivity contribution in [2.75, 3.05) is 19.6 Å². The molecule has 0 spiro atoms. The standard InChI is InChI=1S/C17H26N2/c1-2-3-11-19-13-16(14-9-10-14)18-12-17(19)15-7-5-4-6-8-15/h4-8,14,16-18H,2-3,9-13H2,1H3. The SMILES string of the molecule is CCCCN1CC(C2CC2)NCC1c1ccccc1. The molecule has 2 fully saturated rings. The summed E-state index contributed by atoms with van der Waals surface area (Å²) in [4.78, 5) is 2.72. The van der Waals surface area contributed by atoms with Gasteiger partial charge >= 0.3 is 0 Å². The Labute approximate surface area is 117 Å². The minimum Gasteiger partial charge on any atom is -0.311 e. The molecule has 2 heteroatoms. The van der Waals surface area contributed by atoms with E-state index in [1.54, 1.807) is 0 Å². The van der Waals surface area contributed by atoms with Gasteiger partial charge in [0.2, 0.25) is 0 Å². The van der Waals surface area contributed by atoms with Crippen molar-refractivity contribution in [3.63, 3.8) is 0 Å². The highest BCUT2D eigenvalue weighted by atomic mass is 15.2. The van der Waals surface area contributed by atoms with Crippen molar-refractivity contribution >= 4 is 0 Å². The molecule has 1 aliphatic carbocycles. The lowest BCUT2D eigenvalue weighted by Crippen LogP contribution is -2.53. The first-order valence-corrected chi connectivity index (χ1v) is 7.91. The summed E-state index contributed by atoms with van der Waals surface area (Å²) in [5.41, 5.74) is 1.47. The zero-order chi connectivity index (χ0) is 13.1. The molecule has 1 aromatic rings. The molecule has 3 rings (SSSR count). The molecule has 0 aromatic heterocycles. The molecular weight excluding hydrogens is 232 g/mol. The molecule has 1 saturated carbocycles. The molecule has 2 atom stereocenters. The smallest absolute Gasteiger partial charge is 0.0473 e. The van der Waals surface area contributed by atoms with Crippen LogP contribution in [0.2, 0.25) is 0 Å². The van der Waals surface area contributed by atoms with E-state index in [0.717, 1.165) is 18.5 Å². The highest BCUT2D eigenvalue weighted by Crippen LogP contribution is 2.36. The minimum absolute atomic E-state index is 0.572. The average molecular weight is 258 g/mol. The number of piperazine rings is 1. The lowest BCUT2D eigenvalue weighted by Gasteiger charge is -2.41. The van der Waals surface area contributed by atoms with E-state index in [-0.39, 0.29) is 0 Å². The van der Waals surface area contributed by atoms with E-state index in [1.807, 2.05) is 0 Å². The second-order valence-corrected chi connectivity index (χ2v) is 6.13. The van der Waals surface area contributed by atoms with Gasteiger partial charge in [-0.05, 0) is 37.3 Å². The Balaban J connectivity index is 1.70. The van der Waals surface area contributed by atoms with Gasteiger partial charge in [-0.25, -0.2) is 0 Å². The van der Waals surface area contributed by atoms with E-state index in [2.05, 4.69) is 47.5 Å². The molecular formula is C17H26N2. The van der Waals surface area contributed by atoms with Crippen LogP contribution in [-0.2, 0) is 0 Å². The number of unbranched alkanes of at least 4 members (excludes halogenated alkanes) is 1. The van der Waals surface area contributed by atoms with Crippen molar-refractivity contribution in [2.45, 2.75) is 44.7 Å². The maximum Gasteiger partial charge on any atom is 0.0473 e. The maximum atomic E-state index is 3.79. The molecule has 1 heterocycles. The number of hydrogen-bond donors (Lipinski definition) is 1. The molecule has 19 heavy (non-hydrogen) atoms. The Morgan fingerprint density at radius 2 is 2.00 bits per heavy atom. The zero-order valence-corrected chi connectivity index (χ0v) is 12.0. The Bertz CT molecular complexity index is 386. The van der Waals surface area contributed by atoms with Crippen LogP contribution in [-0.4, -0.2) is 30.6 Å². The first kappa shape index (κ1) is 13.1. The van der Waals surface area contributed by atoms with Crippen LogP contribution in [0.25, 0.3) is 0 Å². The highest BCUT2D eigenvalue weighted by molar-refractivity contribution is 5.20. The van der Waals surface area contributed by atoms with Crippen molar-refractivity contribution in [2.24, 2.45) is 5.92 Å². The van der Waals surface area contributed by atoms with Crippen molar-refractivity contribution < 1.29 is 0 Å². The summed E-state index contributed by atoms with van der Waals surface area (Å²) >= 11 is 0. The Hall–Kier alpha value is -0.860. The summed E-state index contributed by atoms with van der Waals surface area (Å²) < 4.78 is 0. The maximum absolute atomic E-state index is 3.79. The fourth-order valence-electron chi connectivity index (χ4n) is 3.26. The van der Waals surface area contributed by atoms with Gasteiger partial charge in [0.15, 0.2) is 0 Å². The van der Waals surface area contributed by atoms with Gasteiger partial charge in [0.1, 0.15) is 0 Å². The van der Waals surface area contributed by atoms with E-state index >= 15 is 0 Å². The van der Waals surface area contributed by atoms with E-state index in [9.17, 15) is 0 Å². The average Bonchev–Trinajstić information content (AvgIpc) is 3.30. The molecule has 0 bridgehead atoms. The quantitative estimate of drug-likeness (QED) is 0.872. The minimum atomic E-state index is 0.572. The molecule has 1 aliphatic heterocycles. The first-order chi connectivity index (χ1) is 9.38. The molecule has 0 amide bonds. The van der Waals surface area contributed by atoms with E-state index < -0.39 is 0 Å². The number of benzene rings is 1. The number of nitrogens with zero attached hydrogens (tertiary/aromatic N) is 1. The first-order valence-electron chi connectivity index (χ1n) is 7.91. The van der Waals surface area contributed by atoms with Crippen LogP contribution in [0.15, 0.2) is 30.3 Å². The van der Waals surface area contributed by atoms with Gasteiger partial charge in [0.05, 0.1) is 0 Å². The van der Waals surface area contributed by atoms with Crippen molar-refractivity contribution in [3.8, 4) is 0 Å². The molecule has 1 saturated heterocycles. The second kappa shape index (κ2) is 6.06. The molecule has 1 N–H and O–H groups in total. The number of nitrogens with one attached hydrogen (secondary N) is 1. The summed E-state index contributed by atoms with van der Waals surface area (Å²) in [6, 6.07) is 12.3. The molecule has 1 aromatic carbocycles. The van der Waals surface area contributed by atoms with Gasteiger partial charge < -0.3 is 5.32 Å². The van der Waals surface area contributed by atoms with Crippen molar-refractivity contribution in [1.29, 1.82) is 0 Å². The third-order valence-electron chi connectivity index (χ3n) is 4.62. The Morgan fingerprint density at radius 3 is 2.68 bits per heavy atom. The van der Waals surface area contributed by atoms with Crippen LogP contribution < -0.4 is 5.32 Å². The van der Waals surface area contributed by atoms with Gasteiger partial charge in [-0.2, -0.15) is 0 Å². The summed E-state index contributed by atoms with van der Waals surface area (Å²) in [6.45, 7) is 5.90. The van der Waals surface area contributed by atoms with E-state index in [0.29, 0.717) is 6.04 Å². The predicted octanol–water partition coefficient (Wildman–Crippen LogP) is 3.21. The van der Waals surface area contributed by atoms with Gasteiger partial charge in [0.25, 0.3) is 0 Å². The molecule has 2 unspecified atom stereocenters. The molecule has 0 radical (unpaired) electrons. The van der Waals surface area contributed by atoms with Crippen LogP contribution in [0.4, 0.5) is 0 Å². The van der Waals surface area contributed by atoms with Gasteiger partial charge in [-0.15, -0.1) is 0 Å². The number of rotatable bonds is 5. The van der Waals surface area contributed by atoms with Crippen molar-refractivity contribution in [3.05, 3.63) is 35.9 Å².